The fourth-order valence-electron chi connectivity index (χ4n) is 2.01. The number of aromatic nitrogens is 3. The van der Waals surface area contributed by atoms with Crippen molar-refractivity contribution in [3.8, 4) is 0 Å². The maximum absolute atomic E-state index is 13.1. The number of halogens is 2. The number of nitrogens with zero attached hydrogens (tertiary/aromatic N) is 3. The number of alkyl carbamates (subject to hydrolysis) is 1. The molecule has 7 nitrogen and oxygen atoms in total. The zero-order valence-corrected chi connectivity index (χ0v) is 17.1. The van der Waals surface area contributed by atoms with Crippen LogP contribution in [0.3, 0.4) is 0 Å². The van der Waals surface area contributed by atoms with E-state index in [0.29, 0.717) is 12.9 Å². The van der Waals surface area contributed by atoms with Crippen LogP contribution in [0, 0.1) is 0 Å². The largest absolute Gasteiger partial charge is 0.444 e. The van der Waals surface area contributed by atoms with E-state index in [9.17, 15) is 14.0 Å². The summed E-state index contributed by atoms with van der Waals surface area (Å²) >= 11 is 4.89. The molecular weight excluding hydrogens is 427 g/mol. The highest BCUT2D eigenvalue weighted by atomic mass is 79.9. The van der Waals surface area contributed by atoms with Gasteiger partial charge in [0.15, 0.2) is 0 Å². The quantitative estimate of drug-likeness (QED) is 0.737. The number of carbonyl (C=O) groups is 1. The van der Waals surface area contributed by atoms with Crippen LogP contribution < -0.4 is 11.0 Å². The van der Waals surface area contributed by atoms with Gasteiger partial charge in [-0.25, -0.2) is 18.7 Å². The molecule has 142 valence electrons. The van der Waals surface area contributed by atoms with Gasteiger partial charge in [-0.15, -0.1) is 11.3 Å². The molecule has 0 aliphatic heterocycles. The summed E-state index contributed by atoms with van der Waals surface area (Å²) in [4.78, 5) is 25.0. The molecule has 0 aromatic carbocycles. The summed E-state index contributed by atoms with van der Waals surface area (Å²) < 4.78 is 21.7. The third-order valence-electron chi connectivity index (χ3n) is 3.11. The Kier molecular flexibility index (Phi) is 6.76. The van der Waals surface area contributed by atoms with Gasteiger partial charge in [-0.2, -0.15) is 5.10 Å². The minimum Gasteiger partial charge on any atom is -0.444 e. The van der Waals surface area contributed by atoms with E-state index < -0.39 is 11.7 Å². The van der Waals surface area contributed by atoms with Gasteiger partial charge in [0.1, 0.15) is 11.9 Å². The minimum absolute atomic E-state index is 0.0632. The Morgan fingerprint density at radius 1 is 1.50 bits per heavy atom. The van der Waals surface area contributed by atoms with Crippen molar-refractivity contribution in [1.82, 2.24) is 19.7 Å². The van der Waals surface area contributed by atoms with Gasteiger partial charge in [-0.3, -0.25) is 4.57 Å². The number of nitrogens with one attached hydrogen (secondary N) is 1. The molecule has 0 bridgehead atoms. The molecule has 2 heterocycles. The van der Waals surface area contributed by atoms with E-state index in [2.05, 4.69) is 26.3 Å². The van der Waals surface area contributed by atoms with Crippen molar-refractivity contribution in [2.75, 3.05) is 6.54 Å². The third kappa shape index (κ3) is 6.10. The second kappa shape index (κ2) is 8.63. The van der Waals surface area contributed by atoms with Gasteiger partial charge in [0.25, 0.3) is 0 Å². The lowest BCUT2D eigenvalue weighted by atomic mass is 10.2. The maximum Gasteiger partial charge on any atom is 0.407 e. The van der Waals surface area contributed by atoms with E-state index in [1.165, 1.54) is 22.2 Å². The fourth-order valence-corrected chi connectivity index (χ4v) is 3.46. The lowest BCUT2D eigenvalue weighted by Gasteiger charge is -2.19. The summed E-state index contributed by atoms with van der Waals surface area (Å²) in [5.74, 6) is 0. The molecule has 0 saturated heterocycles. The third-order valence-corrected chi connectivity index (χ3v) is 4.79. The van der Waals surface area contributed by atoms with Crippen molar-refractivity contribution in [3.63, 3.8) is 0 Å². The molecule has 0 fully saturated rings. The van der Waals surface area contributed by atoms with Crippen LogP contribution in [0.4, 0.5) is 9.18 Å². The lowest BCUT2D eigenvalue weighted by molar-refractivity contribution is 0.0532. The predicted octanol–water partition coefficient (Wildman–Crippen LogP) is 3.30. The molecule has 0 radical (unpaired) electrons. The van der Waals surface area contributed by atoms with Gasteiger partial charge < -0.3 is 10.1 Å². The Hall–Kier alpha value is -1.94. The minimum atomic E-state index is -0.655. The molecule has 1 amide bonds. The van der Waals surface area contributed by atoms with Crippen LogP contribution in [0.25, 0.3) is 0 Å². The van der Waals surface area contributed by atoms with Crippen molar-refractivity contribution in [1.29, 1.82) is 0 Å². The van der Waals surface area contributed by atoms with Gasteiger partial charge in [0.2, 0.25) is 0 Å². The predicted molar refractivity (Wildman–Crippen MR) is 101 cm³/mol. The number of amides is 1. The molecule has 2 aromatic rings. The number of carbonyl (C=O) groups excluding carboxylic acids is 1. The Balaban J connectivity index is 1.96. The lowest BCUT2D eigenvalue weighted by Crippen LogP contribution is -2.34. The van der Waals surface area contributed by atoms with Crippen LogP contribution in [0.15, 0.2) is 38.9 Å². The van der Waals surface area contributed by atoms with Crippen LogP contribution >= 0.6 is 27.3 Å². The van der Waals surface area contributed by atoms with E-state index in [-0.39, 0.29) is 24.4 Å². The molecule has 2 rings (SSSR count). The highest BCUT2D eigenvalue weighted by Crippen LogP contribution is 2.20. The number of hydrogen-bond acceptors (Lipinski definition) is 5. The van der Waals surface area contributed by atoms with E-state index in [1.807, 2.05) is 11.4 Å². The first kappa shape index (κ1) is 20.4. The molecule has 0 saturated carbocycles. The monoisotopic (exact) mass is 446 g/mol. The molecule has 26 heavy (non-hydrogen) atoms. The topological polar surface area (TPSA) is 78.2 Å². The highest BCUT2D eigenvalue weighted by Gasteiger charge is 2.16. The van der Waals surface area contributed by atoms with Crippen LogP contribution in [0.5, 0.6) is 0 Å². The summed E-state index contributed by atoms with van der Waals surface area (Å²) in [6.45, 7) is 5.44. The van der Waals surface area contributed by atoms with Crippen LogP contribution in [0.2, 0.25) is 0 Å². The molecular formula is C16H20BrFN4O3S. The van der Waals surface area contributed by atoms with Crippen LogP contribution in [-0.2, 0) is 17.8 Å². The van der Waals surface area contributed by atoms with Crippen molar-refractivity contribution < 1.29 is 13.9 Å². The summed E-state index contributed by atoms with van der Waals surface area (Å²) in [5, 5.41) is 8.39. The Labute approximate surface area is 162 Å². The first-order valence-corrected chi connectivity index (χ1v) is 9.45. The Morgan fingerprint density at radius 2 is 2.23 bits per heavy atom. The Morgan fingerprint density at radius 3 is 2.81 bits per heavy atom. The Bertz CT molecular complexity index is 850. The summed E-state index contributed by atoms with van der Waals surface area (Å²) in [5.41, 5.74) is -0.802. The molecule has 10 heteroatoms. The number of ether oxygens (including phenoxy) is 1. The molecule has 0 aliphatic carbocycles. The van der Waals surface area contributed by atoms with E-state index in [1.54, 1.807) is 20.8 Å². The van der Waals surface area contributed by atoms with Gasteiger partial charge in [-0.05, 0) is 48.3 Å². The summed E-state index contributed by atoms with van der Waals surface area (Å²) in [7, 11) is 0. The number of hydrogen-bond donors (Lipinski definition) is 1. The number of rotatable bonds is 6. The molecule has 0 aliphatic rings. The second-order valence-corrected chi connectivity index (χ2v) is 8.46. The van der Waals surface area contributed by atoms with Crippen molar-refractivity contribution >= 4 is 33.4 Å². The maximum atomic E-state index is 13.1. The van der Waals surface area contributed by atoms with Crippen molar-refractivity contribution in [3.05, 3.63) is 49.5 Å². The van der Waals surface area contributed by atoms with E-state index >= 15 is 0 Å². The molecule has 0 atom stereocenters. The molecule has 2 aromatic heterocycles. The fraction of sp³-hybridized carbons (Fsp3) is 0.438. The zero-order chi connectivity index (χ0) is 19.3. The molecule has 1 N–H and O–H groups in total. The second-order valence-electron chi connectivity index (χ2n) is 6.55. The van der Waals surface area contributed by atoms with Crippen molar-refractivity contribution in [2.24, 2.45) is 0 Å². The normalized spacial score (nSPS) is 12.3. The molecule has 0 unspecified atom stereocenters. The SMILES string of the molecule is CC(C)(C)OC(=O)NCC(=CF)Cn1ncn(Cc2cc(Br)cs2)c1=O. The average molecular weight is 447 g/mol. The average Bonchev–Trinajstić information content (AvgIpc) is 3.09. The van der Waals surface area contributed by atoms with Gasteiger partial charge >= 0.3 is 11.8 Å². The van der Waals surface area contributed by atoms with E-state index in [0.717, 1.165) is 14.0 Å². The van der Waals surface area contributed by atoms with Gasteiger partial charge in [-0.1, -0.05) is 0 Å². The zero-order valence-electron chi connectivity index (χ0n) is 14.7. The van der Waals surface area contributed by atoms with Gasteiger partial charge in [0, 0.05) is 21.3 Å². The summed E-state index contributed by atoms with van der Waals surface area (Å²) in [6.07, 6.45) is 1.12. The standard InChI is InChI=1S/C16H20BrFN4O3S/c1-16(2,3)25-14(23)19-6-11(5-18)7-22-15(24)21(10-20-22)8-13-4-12(17)9-26-13/h4-5,9-10H,6-8H2,1-3H3,(H,19,23). The summed E-state index contributed by atoms with van der Waals surface area (Å²) in [6, 6.07) is 1.92. The van der Waals surface area contributed by atoms with Crippen LogP contribution in [-0.4, -0.2) is 32.6 Å². The first-order valence-electron chi connectivity index (χ1n) is 7.78. The van der Waals surface area contributed by atoms with E-state index in [4.69, 9.17) is 4.74 Å². The van der Waals surface area contributed by atoms with Crippen molar-refractivity contribution in [2.45, 2.75) is 39.5 Å². The first-order chi connectivity index (χ1) is 12.2. The highest BCUT2D eigenvalue weighted by molar-refractivity contribution is 9.10. The van der Waals surface area contributed by atoms with Gasteiger partial charge in [0.05, 0.1) is 19.4 Å². The number of thiophene rings is 1. The molecule has 0 spiro atoms. The smallest absolute Gasteiger partial charge is 0.407 e. The van der Waals surface area contributed by atoms with Crippen LogP contribution in [0.1, 0.15) is 25.6 Å².